The van der Waals surface area contributed by atoms with Crippen LogP contribution in [0.4, 0.5) is 0 Å². The third-order valence-corrected chi connectivity index (χ3v) is 3.27. The Morgan fingerprint density at radius 3 is 2.47 bits per heavy atom. The van der Waals surface area contributed by atoms with Crippen LogP contribution >= 0.6 is 11.8 Å². The van der Waals surface area contributed by atoms with Crippen molar-refractivity contribution in [2.24, 2.45) is 0 Å². The summed E-state index contributed by atoms with van der Waals surface area (Å²) in [6.07, 6.45) is 3.65. The normalized spacial score (nSPS) is 14.2. The topological polar surface area (TPSA) is 32.3 Å². The second-order valence-electron chi connectivity index (χ2n) is 5.07. The standard InChI is InChI=1S/C12H27NOS/c1-5-6-7-8-15-10-11(14)9-13-12(2,3)4/h11,13-14H,5-10H2,1-4H3. The molecule has 0 radical (unpaired) electrons. The summed E-state index contributed by atoms with van der Waals surface area (Å²) in [7, 11) is 0. The van der Waals surface area contributed by atoms with Gasteiger partial charge in [-0.2, -0.15) is 11.8 Å². The van der Waals surface area contributed by atoms with E-state index in [4.69, 9.17) is 0 Å². The lowest BCUT2D eigenvalue weighted by molar-refractivity contribution is 0.183. The van der Waals surface area contributed by atoms with E-state index in [9.17, 15) is 5.11 Å². The molecule has 0 spiro atoms. The fraction of sp³-hybridized carbons (Fsp3) is 1.00. The van der Waals surface area contributed by atoms with Gasteiger partial charge in [0, 0.05) is 17.8 Å². The SMILES string of the molecule is CCCCCSCC(O)CNC(C)(C)C. The zero-order valence-electron chi connectivity index (χ0n) is 10.7. The molecule has 0 amide bonds. The lowest BCUT2D eigenvalue weighted by atomic mass is 10.1. The molecule has 0 fully saturated rings. The second kappa shape index (κ2) is 8.43. The first kappa shape index (κ1) is 15.3. The van der Waals surface area contributed by atoms with Crippen molar-refractivity contribution < 1.29 is 5.11 Å². The Morgan fingerprint density at radius 2 is 1.93 bits per heavy atom. The van der Waals surface area contributed by atoms with Crippen molar-refractivity contribution in [2.75, 3.05) is 18.1 Å². The summed E-state index contributed by atoms with van der Waals surface area (Å²) in [6.45, 7) is 9.27. The molecule has 15 heavy (non-hydrogen) atoms. The van der Waals surface area contributed by atoms with Crippen LogP contribution in [-0.2, 0) is 0 Å². The van der Waals surface area contributed by atoms with Crippen LogP contribution in [0.15, 0.2) is 0 Å². The first-order chi connectivity index (χ1) is 6.95. The van der Waals surface area contributed by atoms with E-state index in [-0.39, 0.29) is 11.6 Å². The highest BCUT2D eigenvalue weighted by Crippen LogP contribution is 2.08. The second-order valence-corrected chi connectivity index (χ2v) is 6.22. The van der Waals surface area contributed by atoms with Gasteiger partial charge in [0.05, 0.1) is 6.10 Å². The van der Waals surface area contributed by atoms with E-state index in [0.29, 0.717) is 6.54 Å². The number of aliphatic hydroxyl groups excluding tert-OH is 1. The van der Waals surface area contributed by atoms with Crippen LogP contribution in [0.3, 0.4) is 0 Å². The Labute approximate surface area is 99.2 Å². The van der Waals surface area contributed by atoms with Crippen LogP contribution < -0.4 is 5.32 Å². The molecule has 1 unspecified atom stereocenters. The quantitative estimate of drug-likeness (QED) is 0.632. The Kier molecular flexibility index (Phi) is 8.58. The predicted molar refractivity (Wildman–Crippen MR) is 70.6 cm³/mol. The van der Waals surface area contributed by atoms with Gasteiger partial charge < -0.3 is 10.4 Å². The van der Waals surface area contributed by atoms with Crippen LogP contribution in [-0.4, -0.2) is 34.8 Å². The molecule has 2 N–H and O–H groups in total. The van der Waals surface area contributed by atoms with E-state index in [2.05, 4.69) is 33.0 Å². The first-order valence-electron chi connectivity index (χ1n) is 5.96. The van der Waals surface area contributed by atoms with E-state index in [1.807, 2.05) is 11.8 Å². The number of thioether (sulfide) groups is 1. The summed E-state index contributed by atoms with van der Waals surface area (Å²) in [5.74, 6) is 2.03. The van der Waals surface area contributed by atoms with Gasteiger partial charge in [0.25, 0.3) is 0 Å². The number of aliphatic hydroxyl groups is 1. The number of rotatable bonds is 8. The molecule has 0 aliphatic heterocycles. The van der Waals surface area contributed by atoms with Gasteiger partial charge in [-0.05, 0) is 32.9 Å². The van der Waals surface area contributed by atoms with Crippen molar-refractivity contribution >= 4 is 11.8 Å². The van der Waals surface area contributed by atoms with E-state index in [1.165, 1.54) is 25.0 Å². The van der Waals surface area contributed by atoms with Crippen LogP contribution in [0.5, 0.6) is 0 Å². The third kappa shape index (κ3) is 12.2. The molecule has 2 nitrogen and oxygen atoms in total. The molecule has 0 bridgehead atoms. The fourth-order valence-corrected chi connectivity index (χ4v) is 2.12. The zero-order chi connectivity index (χ0) is 11.7. The molecule has 3 heteroatoms. The molecule has 1 atom stereocenters. The summed E-state index contributed by atoms with van der Waals surface area (Å²) in [6, 6.07) is 0. The summed E-state index contributed by atoms with van der Waals surface area (Å²) >= 11 is 1.86. The van der Waals surface area contributed by atoms with Crippen molar-refractivity contribution in [2.45, 2.75) is 58.6 Å². The fourth-order valence-electron chi connectivity index (χ4n) is 1.16. The number of β-amino-alcohol motifs (C(OH)–C–C–N with tert-alkyl or cyclic N) is 1. The Bertz CT molecular complexity index is 145. The number of hydrogen-bond donors (Lipinski definition) is 2. The summed E-state index contributed by atoms with van der Waals surface area (Å²) in [5, 5.41) is 13.0. The number of nitrogens with one attached hydrogen (secondary N) is 1. The van der Waals surface area contributed by atoms with Crippen molar-refractivity contribution in [1.82, 2.24) is 5.32 Å². The van der Waals surface area contributed by atoms with Crippen molar-refractivity contribution in [1.29, 1.82) is 0 Å². The molecule has 0 rings (SSSR count). The molecule has 0 aromatic heterocycles. The largest absolute Gasteiger partial charge is 0.391 e. The van der Waals surface area contributed by atoms with Crippen LogP contribution in [0, 0.1) is 0 Å². The van der Waals surface area contributed by atoms with Crippen molar-refractivity contribution in [3.8, 4) is 0 Å². The van der Waals surface area contributed by atoms with Crippen LogP contribution in [0.25, 0.3) is 0 Å². The summed E-state index contributed by atoms with van der Waals surface area (Å²) in [4.78, 5) is 0. The minimum absolute atomic E-state index is 0.105. The van der Waals surface area contributed by atoms with E-state index in [0.717, 1.165) is 5.75 Å². The molecular formula is C12H27NOS. The Hall–Kier alpha value is 0.270. The molecular weight excluding hydrogens is 206 g/mol. The van der Waals surface area contributed by atoms with Crippen LogP contribution in [0.2, 0.25) is 0 Å². The number of hydrogen-bond acceptors (Lipinski definition) is 3. The van der Waals surface area contributed by atoms with E-state index < -0.39 is 0 Å². The molecule has 0 aliphatic carbocycles. The van der Waals surface area contributed by atoms with Crippen LogP contribution in [0.1, 0.15) is 47.0 Å². The van der Waals surface area contributed by atoms with Gasteiger partial charge in [-0.15, -0.1) is 0 Å². The van der Waals surface area contributed by atoms with Crippen molar-refractivity contribution in [3.05, 3.63) is 0 Å². The number of unbranched alkanes of at least 4 members (excludes halogenated alkanes) is 2. The van der Waals surface area contributed by atoms with Crippen molar-refractivity contribution in [3.63, 3.8) is 0 Å². The maximum absolute atomic E-state index is 9.69. The van der Waals surface area contributed by atoms with Gasteiger partial charge in [-0.25, -0.2) is 0 Å². The molecule has 0 saturated carbocycles. The maximum Gasteiger partial charge on any atom is 0.0755 e. The first-order valence-corrected chi connectivity index (χ1v) is 7.12. The maximum atomic E-state index is 9.69. The third-order valence-electron chi connectivity index (χ3n) is 2.07. The average Bonchev–Trinajstić information content (AvgIpc) is 2.13. The predicted octanol–water partition coefficient (Wildman–Crippen LogP) is 2.66. The Morgan fingerprint density at radius 1 is 1.27 bits per heavy atom. The lowest BCUT2D eigenvalue weighted by Gasteiger charge is -2.22. The highest BCUT2D eigenvalue weighted by atomic mass is 32.2. The highest BCUT2D eigenvalue weighted by Gasteiger charge is 2.11. The molecule has 0 aliphatic rings. The minimum Gasteiger partial charge on any atom is -0.391 e. The van der Waals surface area contributed by atoms with E-state index >= 15 is 0 Å². The Balaban J connectivity index is 3.30. The smallest absolute Gasteiger partial charge is 0.0755 e. The molecule has 0 saturated heterocycles. The molecule has 0 aromatic carbocycles. The van der Waals surface area contributed by atoms with Gasteiger partial charge in [-0.1, -0.05) is 19.8 Å². The zero-order valence-corrected chi connectivity index (χ0v) is 11.5. The molecule has 0 aromatic rings. The minimum atomic E-state index is -0.212. The van der Waals surface area contributed by atoms with Gasteiger partial charge in [0.1, 0.15) is 0 Å². The molecule has 92 valence electrons. The highest BCUT2D eigenvalue weighted by molar-refractivity contribution is 7.99. The average molecular weight is 233 g/mol. The lowest BCUT2D eigenvalue weighted by Crippen LogP contribution is -2.41. The molecule has 0 heterocycles. The monoisotopic (exact) mass is 233 g/mol. The van der Waals surface area contributed by atoms with E-state index in [1.54, 1.807) is 0 Å². The summed E-state index contributed by atoms with van der Waals surface area (Å²) < 4.78 is 0. The van der Waals surface area contributed by atoms with Gasteiger partial charge in [0.2, 0.25) is 0 Å². The van der Waals surface area contributed by atoms with Gasteiger partial charge >= 0.3 is 0 Å². The van der Waals surface area contributed by atoms with Gasteiger partial charge in [0.15, 0.2) is 0 Å². The summed E-state index contributed by atoms with van der Waals surface area (Å²) in [5.41, 5.74) is 0.105. The van der Waals surface area contributed by atoms with Gasteiger partial charge in [-0.3, -0.25) is 0 Å².